The van der Waals surface area contributed by atoms with Gasteiger partial charge in [0.15, 0.2) is 0 Å². The zero-order valence-corrected chi connectivity index (χ0v) is 12.0. The number of methoxy groups -OCH3 is 1. The summed E-state index contributed by atoms with van der Waals surface area (Å²) >= 11 is 0. The van der Waals surface area contributed by atoms with Gasteiger partial charge in [0.1, 0.15) is 0 Å². The first-order chi connectivity index (χ1) is 9.33. The van der Waals surface area contributed by atoms with Gasteiger partial charge in [-0.3, -0.25) is 0 Å². The van der Waals surface area contributed by atoms with Gasteiger partial charge in [-0.1, -0.05) is 31.2 Å². The standard InChI is InChI=1S/C16H25NO2/c1-3-16-15(8-9-19-16)11-17-10-13-4-6-14(7-5-13)12-18-2/h4-7,15-17H,3,8-12H2,1-2H3. The minimum Gasteiger partial charge on any atom is -0.380 e. The highest BCUT2D eigenvalue weighted by Gasteiger charge is 2.25. The Morgan fingerprint density at radius 3 is 2.68 bits per heavy atom. The van der Waals surface area contributed by atoms with E-state index in [1.54, 1.807) is 7.11 Å². The molecule has 19 heavy (non-hydrogen) atoms. The summed E-state index contributed by atoms with van der Waals surface area (Å²) in [4.78, 5) is 0. The Hall–Kier alpha value is -0.900. The van der Waals surface area contributed by atoms with Crippen molar-refractivity contribution in [3.8, 4) is 0 Å². The highest BCUT2D eigenvalue weighted by molar-refractivity contribution is 5.21. The fourth-order valence-corrected chi connectivity index (χ4v) is 2.70. The third-order valence-corrected chi connectivity index (χ3v) is 3.82. The van der Waals surface area contributed by atoms with E-state index >= 15 is 0 Å². The fourth-order valence-electron chi connectivity index (χ4n) is 2.70. The zero-order valence-electron chi connectivity index (χ0n) is 12.0. The number of hydrogen-bond donors (Lipinski definition) is 1. The Kier molecular flexibility index (Phi) is 5.83. The molecule has 1 aromatic rings. The van der Waals surface area contributed by atoms with Crippen LogP contribution in [-0.2, 0) is 22.6 Å². The Labute approximate surface area is 116 Å². The molecule has 2 atom stereocenters. The molecule has 0 bridgehead atoms. The number of hydrogen-bond acceptors (Lipinski definition) is 3. The molecule has 2 rings (SSSR count). The van der Waals surface area contributed by atoms with Crippen LogP contribution in [0.2, 0.25) is 0 Å². The van der Waals surface area contributed by atoms with E-state index in [0.717, 1.165) is 26.1 Å². The highest BCUT2D eigenvalue weighted by atomic mass is 16.5. The number of ether oxygens (including phenoxy) is 2. The SMILES string of the molecule is CCC1OCCC1CNCc1ccc(COC)cc1. The Morgan fingerprint density at radius 1 is 1.26 bits per heavy atom. The third kappa shape index (κ3) is 4.30. The van der Waals surface area contributed by atoms with Crippen molar-refractivity contribution in [2.75, 3.05) is 20.3 Å². The maximum Gasteiger partial charge on any atom is 0.0713 e. The lowest BCUT2D eigenvalue weighted by Crippen LogP contribution is -2.27. The molecule has 0 spiro atoms. The molecule has 1 aliphatic rings. The molecule has 2 unspecified atom stereocenters. The van der Waals surface area contributed by atoms with Crippen LogP contribution in [-0.4, -0.2) is 26.4 Å². The van der Waals surface area contributed by atoms with E-state index in [4.69, 9.17) is 9.47 Å². The average Bonchev–Trinajstić information content (AvgIpc) is 2.88. The summed E-state index contributed by atoms with van der Waals surface area (Å²) in [6.45, 7) is 5.80. The normalized spacial score (nSPS) is 22.8. The predicted octanol–water partition coefficient (Wildman–Crippen LogP) is 2.74. The molecule has 1 aromatic carbocycles. The van der Waals surface area contributed by atoms with Gasteiger partial charge in [0.2, 0.25) is 0 Å². The van der Waals surface area contributed by atoms with Crippen molar-refractivity contribution >= 4 is 0 Å². The third-order valence-electron chi connectivity index (χ3n) is 3.82. The number of nitrogens with one attached hydrogen (secondary N) is 1. The molecule has 0 amide bonds. The minimum atomic E-state index is 0.455. The molecule has 1 aliphatic heterocycles. The molecule has 1 fully saturated rings. The van der Waals surface area contributed by atoms with Gasteiger partial charge >= 0.3 is 0 Å². The quantitative estimate of drug-likeness (QED) is 0.820. The lowest BCUT2D eigenvalue weighted by atomic mass is 9.99. The van der Waals surface area contributed by atoms with E-state index in [9.17, 15) is 0 Å². The molecular weight excluding hydrogens is 238 g/mol. The minimum absolute atomic E-state index is 0.455. The van der Waals surface area contributed by atoms with Crippen molar-refractivity contribution in [2.45, 2.75) is 39.0 Å². The van der Waals surface area contributed by atoms with Crippen LogP contribution < -0.4 is 5.32 Å². The average molecular weight is 263 g/mol. The second kappa shape index (κ2) is 7.63. The van der Waals surface area contributed by atoms with E-state index in [2.05, 4.69) is 36.5 Å². The maximum atomic E-state index is 5.71. The summed E-state index contributed by atoms with van der Waals surface area (Å²) in [6, 6.07) is 8.61. The van der Waals surface area contributed by atoms with Crippen molar-refractivity contribution in [1.29, 1.82) is 0 Å². The molecule has 1 heterocycles. The monoisotopic (exact) mass is 263 g/mol. The topological polar surface area (TPSA) is 30.5 Å². The Bertz CT molecular complexity index is 364. The lowest BCUT2D eigenvalue weighted by Gasteiger charge is -2.17. The molecule has 1 saturated heterocycles. The van der Waals surface area contributed by atoms with Gasteiger partial charge in [-0.05, 0) is 29.9 Å². The van der Waals surface area contributed by atoms with Crippen molar-refractivity contribution in [1.82, 2.24) is 5.32 Å². The highest BCUT2D eigenvalue weighted by Crippen LogP contribution is 2.22. The van der Waals surface area contributed by atoms with E-state index < -0.39 is 0 Å². The first-order valence-corrected chi connectivity index (χ1v) is 7.22. The summed E-state index contributed by atoms with van der Waals surface area (Å²) in [5.41, 5.74) is 2.55. The van der Waals surface area contributed by atoms with Gasteiger partial charge in [0.05, 0.1) is 12.7 Å². The molecule has 0 saturated carbocycles. The van der Waals surface area contributed by atoms with Gasteiger partial charge in [-0.2, -0.15) is 0 Å². The van der Waals surface area contributed by atoms with Crippen LogP contribution in [0.15, 0.2) is 24.3 Å². The van der Waals surface area contributed by atoms with E-state index in [0.29, 0.717) is 18.6 Å². The predicted molar refractivity (Wildman–Crippen MR) is 77.0 cm³/mol. The Balaban J connectivity index is 1.73. The first kappa shape index (κ1) is 14.5. The molecule has 106 valence electrons. The Morgan fingerprint density at radius 2 is 2.00 bits per heavy atom. The fraction of sp³-hybridized carbons (Fsp3) is 0.625. The largest absolute Gasteiger partial charge is 0.380 e. The van der Waals surface area contributed by atoms with Crippen LogP contribution in [0, 0.1) is 5.92 Å². The van der Waals surface area contributed by atoms with Crippen LogP contribution in [0.1, 0.15) is 30.9 Å². The van der Waals surface area contributed by atoms with Crippen molar-refractivity contribution in [3.05, 3.63) is 35.4 Å². The second-order valence-electron chi connectivity index (χ2n) is 5.25. The van der Waals surface area contributed by atoms with E-state index in [1.165, 1.54) is 17.5 Å². The summed E-state index contributed by atoms with van der Waals surface area (Å²) in [7, 11) is 1.73. The summed E-state index contributed by atoms with van der Waals surface area (Å²) < 4.78 is 10.8. The molecule has 0 aromatic heterocycles. The molecule has 0 radical (unpaired) electrons. The van der Waals surface area contributed by atoms with E-state index in [-0.39, 0.29) is 0 Å². The lowest BCUT2D eigenvalue weighted by molar-refractivity contribution is 0.0872. The molecule has 0 aliphatic carbocycles. The summed E-state index contributed by atoms with van der Waals surface area (Å²) in [5, 5.41) is 3.55. The molecule has 3 nitrogen and oxygen atoms in total. The van der Waals surface area contributed by atoms with Crippen LogP contribution in [0.3, 0.4) is 0 Å². The van der Waals surface area contributed by atoms with Gasteiger partial charge in [0, 0.05) is 26.8 Å². The van der Waals surface area contributed by atoms with Gasteiger partial charge in [0.25, 0.3) is 0 Å². The van der Waals surface area contributed by atoms with Gasteiger partial charge in [-0.25, -0.2) is 0 Å². The number of benzene rings is 1. The summed E-state index contributed by atoms with van der Waals surface area (Å²) in [6.07, 6.45) is 2.77. The molecule has 1 N–H and O–H groups in total. The number of rotatable bonds is 7. The second-order valence-corrected chi connectivity index (χ2v) is 5.25. The van der Waals surface area contributed by atoms with Gasteiger partial charge in [-0.15, -0.1) is 0 Å². The molecule has 3 heteroatoms. The van der Waals surface area contributed by atoms with Crippen LogP contribution >= 0.6 is 0 Å². The van der Waals surface area contributed by atoms with Gasteiger partial charge < -0.3 is 14.8 Å². The smallest absolute Gasteiger partial charge is 0.0713 e. The van der Waals surface area contributed by atoms with E-state index in [1.807, 2.05) is 0 Å². The zero-order chi connectivity index (χ0) is 13.5. The van der Waals surface area contributed by atoms with Crippen molar-refractivity contribution in [3.63, 3.8) is 0 Å². The first-order valence-electron chi connectivity index (χ1n) is 7.22. The van der Waals surface area contributed by atoms with Crippen LogP contribution in [0.4, 0.5) is 0 Å². The van der Waals surface area contributed by atoms with Crippen molar-refractivity contribution in [2.24, 2.45) is 5.92 Å². The summed E-state index contributed by atoms with van der Waals surface area (Å²) in [5.74, 6) is 0.678. The molecular formula is C16H25NO2. The van der Waals surface area contributed by atoms with Crippen molar-refractivity contribution < 1.29 is 9.47 Å². The maximum absolute atomic E-state index is 5.71. The van der Waals surface area contributed by atoms with Crippen LogP contribution in [0.5, 0.6) is 0 Å². The van der Waals surface area contributed by atoms with Crippen LogP contribution in [0.25, 0.3) is 0 Å².